The van der Waals surface area contributed by atoms with E-state index < -0.39 is 0 Å². The Balaban J connectivity index is 2.37. The normalized spacial score (nSPS) is 15.9. The number of aryl methyl sites for hydroxylation is 1. The van der Waals surface area contributed by atoms with Crippen molar-refractivity contribution < 1.29 is 9.59 Å². The largest absolute Gasteiger partial charge is 0.269 e. The van der Waals surface area contributed by atoms with Crippen LogP contribution < -0.4 is 4.90 Å². The van der Waals surface area contributed by atoms with Crippen LogP contribution in [0.4, 0.5) is 5.13 Å². The van der Waals surface area contributed by atoms with Crippen LogP contribution in [-0.4, -0.2) is 16.8 Å². The van der Waals surface area contributed by atoms with Gasteiger partial charge in [0.05, 0.1) is 0 Å². The van der Waals surface area contributed by atoms with Crippen LogP contribution in [0.1, 0.15) is 4.88 Å². The van der Waals surface area contributed by atoms with Gasteiger partial charge in [-0.05, 0) is 6.92 Å². The maximum Gasteiger partial charge on any atom is 0.260 e. The molecule has 66 valence electrons. The summed E-state index contributed by atoms with van der Waals surface area (Å²) in [6.45, 7) is 1.87. The van der Waals surface area contributed by atoms with Gasteiger partial charge in [0.25, 0.3) is 11.8 Å². The van der Waals surface area contributed by atoms with Crippen LogP contribution in [0.5, 0.6) is 0 Å². The van der Waals surface area contributed by atoms with Gasteiger partial charge < -0.3 is 0 Å². The maximum atomic E-state index is 11.2. The van der Waals surface area contributed by atoms with E-state index in [1.165, 1.54) is 23.5 Å². The topological polar surface area (TPSA) is 50.3 Å². The van der Waals surface area contributed by atoms with E-state index in [2.05, 4.69) is 4.98 Å². The van der Waals surface area contributed by atoms with Crippen molar-refractivity contribution in [3.8, 4) is 0 Å². The third kappa shape index (κ3) is 1.27. The fraction of sp³-hybridized carbons (Fsp3) is 0.125. The molecule has 0 radical (unpaired) electrons. The highest BCUT2D eigenvalue weighted by Gasteiger charge is 2.27. The van der Waals surface area contributed by atoms with Crippen LogP contribution in [0.2, 0.25) is 0 Å². The van der Waals surface area contributed by atoms with Crippen molar-refractivity contribution in [2.75, 3.05) is 4.90 Å². The van der Waals surface area contributed by atoms with Gasteiger partial charge in [0.1, 0.15) is 0 Å². The van der Waals surface area contributed by atoms with Crippen LogP contribution in [0, 0.1) is 6.92 Å². The summed E-state index contributed by atoms with van der Waals surface area (Å²) in [5, 5.41) is 0.442. The van der Waals surface area contributed by atoms with Crippen molar-refractivity contribution in [1.29, 1.82) is 0 Å². The van der Waals surface area contributed by atoms with Crippen LogP contribution in [0.15, 0.2) is 18.3 Å². The van der Waals surface area contributed by atoms with Gasteiger partial charge in [-0.1, -0.05) is 0 Å². The van der Waals surface area contributed by atoms with Crippen molar-refractivity contribution in [2.45, 2.75) is 6.92 Å². The second kappa shape index (κ2) is 2.77. The minimum Gasteiger partial charge on any atom is -0.269 e. The lowest BCUT2D eigenvalue weighted by molar-refractivity contribution is -0.119. The lowest BCUT2D eigenvalue weighted by Crippen LogP contribution is -2.29. The zero-order chi connectivity index (χ0) is 9.42. The number of imide groups is 1. The van der Waals surface area contributed by atoms with Crippen LogP contribution in [0.25, 0.3) is 0 Å². The molecule has 0 aliphatic carbocycles. The molecule has 0 unspecified atom stereocenters. The zero-order valence-corrected chi connectivity index (χ0v) is 7.67. The van der Waals surface area contributed by atoms with Gasteiger partial charge in [-0.15, -0.1) is 11.3 Å². The molecule has 0 bridgehead atoms. The molecular formula is C8H6N2O2S. The molecule has 0 aromatic carbocycles. The number of anilines is 1. The Hall–Kier alpha value is -1.49. The van der Waals surface area contributed by atoms with Gasteiger partial charge >= 0.3 is 0 Å². The Morgan fingerprint density at radius 2 is 1.92 bits per heavy atom. The molecule has 13 heavy (non-hydrogen) atoms. The van der Waals surface area contributed by atoms with E-state index in [1.807, 2.05) is 6.92 Å². The molecule has 0 saturated heterocycles. The van der Waals surface area contributed by atoms with Crippen molar-refractivity contribution in [2.24, 2.45) is 0 Å². The highest BCUT2D eigenvalue weighted by Crippen LogP contribution is 2.24. The smallest absolute Gasteiger partial charge is 0.260 e. The first-order chi connectivity index (χ1) is 6.18. The van der Waals surface area contributed by atoms with Crippen molar-refractivity contribution in [1.82, 2.24) is 4.98 Å². The Kier molecular flexibility index (Phi) is 1.73. The van der Waals surface area contributed by atoms with E-state index >= 15 is 0 Å². The molecule has 1 aromatic heterocycles. The van der Waals surface area contributed by atoms with Gasteiger partial charge in [0.2, 0.25) is 0 Å². The molecule has 0 spiro atoms. The third-order valence-corrected chi connectivity index (χ3v) is 2.51. The average Bonchev–Trinajstić information content (AvgIpc) is 2.60. The summed E-state index contributed by atoms with van der Waals surface area (Å²) in [5.74, 6) is -0.640. The minimum atomic E-state index is -0.320. The summed E-state index contributed by atoms with van der Waals surface area (Å²) < 4.78 is 0. The molecule has 0 atom stereocenters. The first kappa shape index (κ1) is 8.12. The molecule has 2 amide bonds. The molecular weight excluding hydrogens is 188 g/mol. The summed E-state index contributed by atoms with van der Waals surface area (Å²) in [7, 11) is 0. The first-order valence-electron chi connectivity index (χ1n) is 3.67. The van der Waals surface area contributed by atoms with Gasteiger partial charge in [-0.2, -0.15) is 0 Å². The number of hydrogen-bond donors (Lipinski definition) is 0. The number of nitrogens with zero attached hydrogens (tertiary/aromatic N) is 2. The molecule has 2 heterocycles. The number of rotatable bonds is 1. The monoisotopic (exact) mass is 194 g/mol. The Morgan fingerprint density at radius 1 is 1.31 bits per heavy atom. The van der Waals surface area contributed by atoms with Gasteiger partial charge in [0, 0.05) is 23.2 Å². The van der Waals surface area contributed by atoms with Crippen molar-refractivity contribution in [3.63, 3.8) is 0 Å². The van der Waals surface area contributed by atoms with E-state index in [0.29, 0.717) is 5.13 Å². The lowest BCUT2D eigenvalue weighted by Gasteiger charge is -2.07. The predicted octanol–water partition coefficient (Wildman–Crippen LogP) is 0.881. The van der Waals surface area contributed by atoms with Crippen LogP contribution in [-0.2, 0) is 9.59 Å². The molecule has 4 nitrogen and oxygen atoms in total. The zero-order valence-electron chi connectivity index (χ0n) is 6.85. The number of carbonyl (C=O) groups excluding carboxylic acids is 2. The van der Waals surface area contributed by atoms with Gasteiger partial charge in [-0.3, -0.25) is 9.59 Å². The number of aromatic nitrogens is 1. The first-order valence-corrected chi connectivity index (χ1v) is 4.48. The molecule has 1 aliphatic heterocycles. The maximum absolute atomic E-state index is 11.2. The molecule has 0 N–H and O–H groups in total. The van der Waals surface area contributed by atoms with Gasteiger partial charge in [0.15, 0.2) is 5.13 Å². The molecule has 2 rings (SSSR count). The van der Waals surface area contributed by atoms with E-state index in [0.717, 1.165) is 9.78 Å². The summed E-state index contributed by atoms with van der Waals surface area (Å²) in [6, 6.07) is 0. The molecule has 0 saturated carbocycles. The average molecular weight is 194 g/mol. The Morgan fingerprint density at radius 3 is 2.38 bits per heavy atom. The van der Waals surface area contributed by atoms with E-state index in [1.54, 1.807) is 6.20 Å². The highest BCUT2D eigenvalue weighted by atomic mass is 32.1. The molecule has 1 aliphatic rings. The molecule has 1 aromatic rings. The van der Waals surface area contributed by atoms with Crippen molar-refractivity contribution in [3.05, 3.63) is 23.2 Å². The summed E-state index contributed by atoms with van der Waals surface area (Å²) in [6.07, 6.45) is 4.14. The van der Waals surface area contributed by atoms with Crippen LogP contribution in [0.3, 0.4) is 0 Å². The fourth-order valence-corrected chi connectivity index (χ4v) is 1.81. The number of carbonyl (C=O) groups is 2. The summed E-state index contributed by atoms with van der Waals surface area (Å²) in [4.78, 5) is 28.4. The fourth-order valence-electron chi connectivity index (χ4n) is 1.03. The van der Waals surface area contributed by atoms with Gasteiger partial charge in [-0.25, -0.2) is 9.88 Å². The molecule has 5 heteroatoms. The van der Waals surface area contributed by atoms with Crippen molar-refractivity contribution >= 4 is 28.3 Å². The quantitative estimate of drug-likeness (QED) is 0.623. The Bertz CT molecular complexity index is 390. The third-order valence-electron chi connectivity index (χ3n) is 1.61. The van der Waals surface area contributed by atoms with Crippen LogP contribution >= 0.6 is 11.3 Å². The SMILES string of the molecule is Cc1cnc(N2C(=O)C=CC2=O)s1. The predicted molar refractivity (Wildman–Crippen MR) is 48.5 cm³/mol. The number of thiazole rings is 1. The second-order valence-electron chi connectivity index (χ2n) is 2.60. The standard InChI is InChI=1S/C8H6N2O2S/c1-5-4-9-8(13-5)10-6(11)2-3-7(10)12/h2-4H,1H3. The lowest BCUT2D eigenvalue weighted by atomic mass is 10.6. The summed E-state index contributed by atoms with van der Waals surface area (Å²) >= 11 is 1.33. The Labute approximate surface area is 78.5 Å². The number of amides is 2. The van der Waals surface area contributed by atoms with E-state index in [9.17, 15) is 9.59 Å². The minimum absolute atomic E-state index is 0.320. The number of hydrogen-bond acceptors (Lipinski definition) is 4. The summed E-state index contributed by atoms with van der Waals surface area (Å²) in [5.41, 5.74) is 0. The molecule has 0 fully saturated rings. The highest BCUT2D eigenvalue weighted by molar-refractivity contribution is 7.16. The second-order valence-corrected chi connectivity index (χ2v) is 3.81. The van der Waals surface area contributed by atoms with E-state index in [4.69, 9.17) is 0 Å². The van der Waals surface area contributed by atoms with E-state index in [-0.39, 0.29) is 11.8 Å².